The Morgan fingerprint density at radius 1 is 1.08 bits per heavy atom. The number of ether oxygens (including phenoxy) is 1. The van der Waals surface area contributed by atoms with E-state index in [0.717, 1.165) is 21.3 Å². The second-order valence-corrected chi connectivity index (χ2v) is 6.57. The molecule has 130 valence electrons. The van der Waals surface area contributed by atoms with Crippen LogP contribution in [-0.4, -0.2) is 14.8 Å². The monoisotopic (exact) mass is 459 g/mol. The van der Waals surface area contributed by atoms with Gasteiger partial charge in [0.25, 0.3) is 0 Å². The molecule has 0 fully saturated rings. The average molecular weight is 459 g/mol. The van der Waals surface area contributed by atoms with Gasteiger partial charge in [-0.1, -0.05) is 18.2 Å². The van der Waals surface area contributed by atoms with Gasteiger partial charge in [-0.2, -0.15) is 13.2 Å². The Bertz CT molecular complexity index is 876. The van der Waals surface area contributed by atoms with Crippen LogP contribution in [0, 0.1) is 3.57 Å². The van der Waals surface area contributed by atoms with Crippen LogP contribution in [-0.2, 0) is 19.8 Å². The second-order valence-electron chi connectivity index (χ2n) is 5.32. The first-order valence-corrected chi connectivity index (χ1v) is 8.37. The van der Waals surface area contributed by atoms with Crippen molar-refractivity contribution < 1.29 is 17.9 Å². The van der Waals surface area contributed by atoms with Crippen LogP contribution in [0.4, 0.5) is 13.2 Å². The summed E-state index contributed by atoms with van der Waals surface area (Å²) in [5, 5.41) is 8.20. The Morgan fingerprint density at radius 2 is 1.80 bits per heavy atom. The molecule has 3 rings (SSSR count). The van der Waals surface area contributed by atoms with Gasteiger partial charge < -0.3 is 9.30 Å². The van der Waals surface area contributed by atoms with E-state index >= 15 is 0 Å². The van der Waals surface area contributed by atoms with E-state index in [1.165, 1.54) is 12.1 Å². The Kier molecular flexibility index (Phi) is 4.98. The smallest absolute Gasteiger partial charge is 0.416 e. The molecule has 0 unspecified atom stereocenters. The molecule has 1 heterocycles. The Balaban J connectivity index is 1.76. The molecule has 4 nitrogen and oxygen atoms in total. The summed E-state index contributed by atoms with van der Waals surface area (Å²) in [4.78, 5) is 0. The van der Waals surface area contributed by atoms with Gasteiger partial charge in [-0.15, -0.1) is 10.2 Å². The molecule has 0 bridgehead atoms. The Labute approximate surface area is 155 Å². The van der Waals surface area contributed by atoms with E-state index < -0.39 is 11.7 Å². The number of hydrogen-bond donors (Lipinski definition) is 0. The third-order valence-corrected chi connectivity index (χ3v) is 4.32. The standard InChI is InChI=1S/C17H13F3IN3O/c1-24-15(22-23-16(24)11-5-7-13(21)8-6-11)10-25-14-4-2-3-12(9-14)17(18,19)20/h2-9H,10H2,1H3. The molecule has 3 aromatic rings. The third-order valence-electron chi connectivity index (χ3n) is 3.60. The first kappa shape index (κ1) is 17.7. The molecule has 0 amide bonds. The predicted molar refractivity (Wildman–Crippen MR) is 94.9 cm³/mol. The van der Waals surface area contributed by atoms with Crippen molar-refractivity contribution in [3.8, 4) is 17.1 Å². The zero-order valence-corrected chi connectivity index (χ0v) is 15.2. The zero-order chi connectivity index (χ0) is 18.0. The number of benzene rings is 2. The number of aromatic nitrogens is 3. The van der Waals surface area contributed by atoms with Gasteiger partial charge in [0.15, 0.2) is 11.6 Å². The summed E-state index contributed by atoms with van der Waals surface area (Å²) in [6.45, 7) is 0.0230. The van der Waals surface area contributed by atoms with E-state index in [9.17, 15) is 13.2 Å². The second kappa shape index (κ2) is 7.03. The van der Waals surface area contributed by atoms with Gasteiger partial charge in [0.2, 0.25) is 0 Å². The van der Waals surface area contributed by atoms with E-state index in [0.29, 0.717) is 11.6 Å². The predicted octanol–water partition coefficient (Wildman–Crippen LogP) is 4.68. The molecule has 25 heavy (non-hydrogen) atoms. The van der Waals surface area contributed by atoms with Gasteiger partial charge in [-0.3, -0.25) is 0 Å². The van der Waals surface area contributed by atoms with Gasteiger partial charge in [0.05, 0.1) is 5.56 Å². The minimum atomic E-state index is -4.40. The van der Waals surface area contributed by atoms with Crippen LogP contribution in [0.3, 0.4) is 0 Å². The molecule has 0 radical (unpaired) electrons. The van der Waals surface area contributed by atoms with Crippen molar-refractivity contribution in [2.75, 3.05) is 0 Å². The summed E-state index contributed by atoms with van der Waals surface area (Å²) < 4.78 is 46.5. The summed E-state index contributed by atoms with van der Waals surface area (Å²) in [6.07, 6.45) is -4.40. The first-order valence-electron chi connectivity index (χ1n) is 7.29. The van der Waals surface area contributed by atoms with Gasteiger partial charge in [0.1, 0.15) is 12.4 Å². The lowest BCUT2D eigenvalue weighted by molar-refractivity contribution is -0.137. The number of halogens is 4. The lowest BCUT2D eigenvalue weighted by Crippen LogP contribution is -2.07. The SMILES string of the molecule is Cn1c(COc2cccc(C(F)(F)F)c2)nnc1-c1ccc(I)cc1. The minimum absolute atomic E-state index is 0.0230. The molecule has 2 aromatic carbocycles. The molecule has 0 saturated carbocycles. The molecule has 0 aliphatic carbocycles. The van der Waals surface area contributed by atoms with Crippen molar-refractivity contribution in [1.29, 1.82) is 0 Å². The summed E-state index contributed by atoms with van der Waals surface area (Å²) in [7, 11) is 1.79. The number of nitrogens with zero attached hydrogens (tertiary/aromatic N) is 3. The van der Waals surface area contributed by atoms with E-state index in [4.69, 9.17) is 4.74 Å². The van der Waals surface area contributed by atoms with Gasteiger partial charge >= 0.3 is 6.18 Å². The van der Waals surface area contributed by atoms with Crippen LogP contribution < -0.4 is 4.74 Å². The van der Waals surface area contributed by atoms with Crippen LogP contribution in [0.15, 0.2) is 48.5 Å². The average Bonchev–Trinajstić information content (AvgIpc) is 2.94. The number of hydrogen-bond acceptors (Lipinski definition) is 3. The fraction of sp³-hybridized carbons (Fsp3) is 0.176. The van der Waals surface area contributed by atoms with Gasteiger partial charge in [-0.05, 0) is 52.9 Å². The fourth-order valence-corrected chi connectivity index (χ4v) is 2.61. The van der Waals surface area contributed by atoms with Crippen LogP contribution in [0.5, 0.6) is 5.75 Å². The molecule has 0 aliphatic heterocycles. The molecule has 0 atom stereocenters. The normalized spacial score (nSPS) is 11.6. The van der Waals surface area contributed by atoms with Crippen LogP contribution in [0.2, 0.25) is 0 Å². The topological polar surface area (TPSA) is 39.9 Å². The molecule has 0 aliphatic rings. The van der Waals surface area contributed by atoms with Crippen molar-refractivity contribution in [3.63, 3.8) is 0 Å². The highest BCUT2D eigenvalue weighted by Gasteiger charge is 2.30. The number of rotatable bonds is 4. The molecule has 0 N–H and O–H groups in total. The first-order chi connectivity index (χ1) is 11.8. The zero-order valence-electron chi connectivity index (χ0n) is 13.1. The largest absolute Gasteiger partial charge is 0.486 e. The molecule has 0 spiro atoms. The van der Waals surface area contributed by atoms with Crippen molar-refractivity contribution >= 4 is 22.6 Å². The maximum absolute atomic E-state index is 12.7. The van der Waals surface area contributed by atoms with Gasteiger partial charge in [-0.25, -0.2) is 0 Å². The molecule has 8 heteroatoms. The summed E-state index contributed by atoms with van der Waals surface area (Å²) >= 11 is 2.21. The summed E-state index contributed by atoms with van der Waals surface area (Å²) in [5.74, 6) is 1.32. The van der Waals surface area contributed by atoms with E-state index in [-0.39, 0.29) is 12.4 Å². The van der Waals surface area contributed by atoms with E-state index in [1.54, 1.807) is 11.6 Å². The Hall–Kier alpha value is -2.10. The Morgan fingerprint density at radius 3 is 2.48 bits per heavy atom. The van der Waals surface area contributed by atoms with Crippen molar-refractivity contribution in [3.05, 3.63) is 63.5 Å². The quantitative estimate of drug-likeness (QED) is 0.532. The molecule has 0 saturated heterocycles. The highest BCUT2D eigenvalue weighted by Crippen LogP contribution is 2.31. The van der Waals surface area contributed by atoms with E-state index in [1.807, 2.05) is 24.3 Å². The molecule has 1 aromatic heterocycles. The van der Waals surface area contributed by atoms with Crippen LogP contribution in [0.1, 0.15) is 11.4 Å². The third kappa shape index (κ3) is 4.12. The van der Waals surface area contributed by atoms with Crippen LogP contribution in [0.25, 0.3) is 11.4 Å². The fourth-order valence-electron chi connectivity index (χ4n) is 2.25. The van der Waals surface area contributed by atoms with Crippen LogP contribution >= 0.6 is 22.6 Å². The summed E-state index contributed by atoms with van der Waals surface area (Å²) in [5.41, 5.74) is 0.156. The lowest BCUT2D eigenvalue weighted by atomic mass is 10.2. The maximum atomic E-state index is 12.7. The molecular weight excluding hydrogens is 446 g/mol. The summed E-state index contributed by atoms with van der Waals surface area (Å²) in [6, 6.07) is 12.6. The van der Waals surface area contributed by atoms with Gasteiger partial charge in [0, 0.05) is 16.2 Å². The van der Waals surface area contributed by atoms with Crippen molar-refractivity contribution in [2.45, 2.75) is 12.8 Å². The lowest BCUT2D eigenvalue weighted by Gasteiger charge is -2.10. The minimum Gasteiger partial charge on any atom is -0.486 e. The van der Waals surface area contributed by atoms with Crippen molar-refractivity contribution in [1.82, 2.24) is 14.8 Å². The van der Waals surface area contributed by atoms with E-state index in [2.05, 4.69) is 32.8 Å². The highest BCUT2D eigenvalue weighted by molar-refractivity contribution is 14.1. The number of alkyl halides is 3. The molecular formula is C17H13F3IN3O. The maximum Gasteiger partial charge on any atom is 0.416 e. The highest BCUT2D eigenvalue weighted by atomic mass is 127. The van der Waals surface area contributed by atoms with Crippen molar-refractivity contribution in [2.24, 2.45) is 7.05 Å².